The van der Waals surface area contributed by atoms with Gasteiger partial charge in [-0.15, -0.1) is 0 Å². The number of hydrogen-bond acceptors (Lipinski definition) is 4. The van der Waals surface area contributed by atoms with Crippen LogP contribution >= 0.6 is 0 Å². The summed E-state index contributed by atoms with van der Waals surface area (Å²) in [5.74, 6) is -0.927. The highest BCUT2D eigenvalue weighted by atomic mass is 19.1. The lowest BCUT2D eigenvalue weighted by molar-refractivity contribution is -0.383. The summed E-state index contributed by atoms with van der Waals surface area (Å²) in [7, 11) is 3.11. The Bertz CT molecular complexity index is 1190. The molecule has 1 aromatic heterocycles. The first-order valence-corrected chi connectivity index (χ1v) is 9.79. The molecule has 160 valence electrons. The van der Waals surface area contributed by atoms with Crippen molar-refractivity contribution in [2.75, 3.05) is 14.1 Å². The number of fused-ring (bicyclic) bond motifs is 1. The number of H-pyrrole nitrogens is 1. The van der Waals surface area contributed by atoms with Crippen molar-refractivity contribution < 1.29 is 18.9 Å². The fourth-order valence-corrected chi connectivity index (χ4v) is 4.20. The van der Waals surface area contributed by atoms with E-state index >= 15 is 0 Å². The average Bonchev–Trinajstić information content (AvgIpc) is 3.16. The van der Waals surface area contributed by atoms with E-state index in [1.807, 2.05) is 0 Å². The minimum atomic E-state index is -0.792. The number of nitro groups is 1. The number of aromatic amines is 1. The highest BCUT2D eigenvalue weighted by Crippen LogP contribution is 2.31. The normalized spacial score (nSPS) is 19.3. The van der Waals surface area contributed by atoms with Crippen molar-refractivity contribution in [3.05, 3.63) is 75.7 Å². The zero-order chi connectivity index (χ0) is 22.3. The fraction of sp³-hybridized carbons (Fsp3) is 0.273. The summed E-state index contributed by atoms with van der Waals surface area (Å²) in [4.78, 5) is 43.0. The number of amides is 2. The van der Waals surface area contributed by atoms with E-state index in [9.17, 15) is 24.1 Å². The maximum Gasteiger partial charge on any atom is 0.279 e. The third-order valence-electron chi connectivity index (χ3n) is 5.89. The fourth-order valence-electron chi connectivity index (χ4n) is 4.20. The number of nitrogens with zero attached hydrogens (tertiary/aromatic N) is 3. The quantitative estimate of drug-likeness (QED) is 0.503. The van der Waals surface area contributed by atoms with Crippen molar-refractivity contribution in [3.63, 3.8) is 0 Å². The molecule has 2 heterocycles. The number of rotatable bonds is 5. The number of nitrogens with one attached hydrogen (secondary N) is 1. The van der Waals surface area contributed by atoms with Crippen LogP contribution in [0.5, 0.6) is 0 Å². The van der Waals surface area contributed by atoms with Gasteiger partial charge < -0.3 is 14.8 Å². The summed E-state index contributed by atoms with van der Waals surface area (Å²) in [5.41, 5.74) is 1.76. The van der Waals surface area contributed by atoms with Crippen molar-refractivity contribution in [1.82, 2.24) is 14.8 Å². The van der Waals surface area contributed by atoms with E-state index < -0.39 is 22.8 Å². The molecule has 1 fully saturated rings. The van der Waals surface area contributed by atoms with Gasteiger partial charge in [-0.3, -0.25) is 19.7 Å². The molecule has 2 aromatic carbocycles. The van der Waals surface area contributed by atoms with Gasteiger partial charge in [0.2, 0.25) is 11.8 Å². The van der Waals surface area contributed by atoms with Crippen LogP contribution in [0, 0.1) is 15.9 Å². The number of non-ortho nitro benzene ring substituents is 1. The van der Waals surface area contributed by atoms with Crippen molar-refractivity contribution in [2.24, 2.45) is 0 Å². The Hall–Kier alpha value is -3.75. The number of halogens is 1. The molecule has 0 radical (unpaired) electrons. The van der Waals surface area contributed by atoms with Crippen LogP contribution in [0.25, 0.3) is 10.9 Å². The second kappa shape index (κ2) is 7.82. The lowest BCUT2D eigenvalue weighted by atomic mass is 9.95. The largest absolute Gasteiger partial charge is 0.361 e. The average molecular weight is 424 g/mol. The molecule has 0 spiro atoms. The molecular weight excluding hydrogens is 403 g/mol. The molecule has 1 N–H and O–H groups in total. The predicted octanol–water partition coefficient (Wildman–Crippen LogP) is 2.67. The summed E-state index contributed by atoms with van der Waals surface area (Å²) >= 11 is 0. The van der Waals surface area contributed by atoms with Crippen molar-refractivity contribution in [1.29, 1.82) is 0 Å². The van der Waals surface area contributed by atoms with Gasteiger partial charge in [-0.1, -0.05) is 18.2 Å². The highest BCUT2D eigenvalue weighted by Gasteiger charge is 2.42. The first-order chi connectivity index (χ1) is 14.8. The van der Waals surface area contributed by atoms with E-state index in [2.05, 4.69) is 4.98 Å². The van der Waals surface area contributed by atoms with Crippen molar-refractivity contribution >= 4 is 28.4 Å². The van der Waals surface area contributed by atoms with Gasteiger partial charge in [0.1, 0.15) is 17.9 Å². The van der Waals surface area contributed by atoms with Gasteiger partial charge in [-0.25, -0.2) is 4.39 Å². The number of aromatic nitrogens is 1. The zero-order valence-corrected chi connectivity index (χ0v) is 17.0. The summed E-state index contributed by atoms with van der Waals surface area (Å²) < 4.78 is 13.5. The topological polar surface area (TPSA) is 99.5 Å². The lowest BCUT2D eigenvalue weighted by Gasteiger charge is -2.42. The van der Waals surface area contributed by atoms with Gasteiger partial charge in [0.05, 0.1) is 15.8 Å². The van der Waals surface area contributed by atoms with E-state index in [-0.39, 0.29) is 30.3 Å². The smallest absolute Gasteiger partial charge is 0.279 e. The van der Waals surface area contributed by atoms with Crippen LogP contribution in [-0.4, -0.2) is 57.7 Å². The Morgan fingerprint density at radius 3 is 2.32 bits per heavy atom. The van der Waals surface area contributed by atoms with E-state index in [4.69, 9.17) is 0 Å². The number of hydrogen-bond donors (Lipinski definition) is 1. The van der Waals surface area contributed by atoms with E-state index in [0.717, 1.165) is 0 Å². The lowest BCUT2D eigenvalue weighted by Crippen LogP contribution is -2.63. The van der Waals surface area contributed by atoms with Gasteiger partial charge in [0.15, 0.2) is 0 Å². The summed E-state index contributed by atoms with van der Waals surface area (Å²) in [5, 5.41) is 11.9. The van der Waals surface area contributed by atoms with Crippen LogP contribution < -0.4 is 0 Å². The summed E-state index contributed by atoms with van der Waals surface area (Å²) in [6, 6.07) is 9.15. The molecule has 8 nitrogen and oxygen atoms in total. The molecule has 1 saturated heterocycles. The van der Waals surface area contributed by atoms with Crippen LogP contribution in [0.1, 0.15) is 11.1 Å². The van der Waals surface area contributed by atoms with Gasteiger partial charge in [-0.2, -0.15) is 0 Å². The van der Waals surface area contributed by atoms with E-state index in [0.29, 0.717) is 22.0 Å². The molecular formula is C22H21FN4O4. The number of carbonyl (C=O) groups excluding carboxylic acids is 2. The predicted molar refractivity (Wildman–Crippen MR) is 112 cm³/mol. The molecule has 1 aliphatic rings. The molecule has 31 heavy (non-hydrogen) atoms. The first kappa shape index (κ1) is 20.5. The zero-order valence-electron chi connectivity index (χ0n) is 17.0. The molecule has 0 aliphatic carbocycles. The number of benzene rings is 2. The van der Waals surface area contributed by atoms with Crippen LogP contribution in [0.15, 0.2) is 48.7 Å². The van der Waals surface area contributed by atoms with E-state index in [1.54, 1.807) is 44.6 Å². The number of piperazine rings is 1. The Balaban J connectivity index is 1.62. The minimum absolute atomic E-state index is 0.0525. The van der Waals surface area contributed by atoms with Gasteiger partial charge in [0.25, 0.3) is 5.69 Å². The number of likely N-dealkylation sites (N-methyl/N-ethyl adjacent to an activating group) is 2. The standard InChI is InChI=1S/C22H21FN4O4/c1-25-18(10-13-5-3-6-15(23)9-13)21(28)26(2)19(22(25)29)11-14-12-24-16-7-4-8-17(20(14)16)27(30)31/h3-9,12,18-19,24H,10-11H2,1-2H3/t18-,19-/m0/s1. The molecule has 0 bridgehead atoms. The Morgan fingerprint density at radius 2 is 1.68 bits per heavy atom. The molecule has 1 aliphatic heterocycles. The molecule has 2 atom stereocenters. The highest BCUT2D eigenvalue weighted by molar-refractivity contribution is 5.98. The number of nitro benzene ring substituents is 1. The maximum absolute atomic E-state index is 13.5. The van der Waals surface area contributed by atoms with Gasteiger partial charge in [-0.05, 0) is 29.3 Å². The molecule has 4 rings (SSSR count). The molecule has 0 saturated carbocycles. The van der Waals surface area contributed by atoms with Crippen molar-refractivity contribution in [3.8, 4) is 0 Å². The van der Waals surface area contributed by atoms with Crippen LogP contribution in [0.4, 0.5) is 10.1 Å². The molecule has 2 amide bonds. The Morgan fingerprint density at radius 1 is 1.03 bits per heavy atom. The second-order valence-electron chi connectivity index (χ2n) is 7.74. The first-order valence-electron chi connectivity index (χ1n) is 9.79. The van der Waals surface area contributed by atoms with Crippen LogP contribution in [-0.2, 0) is 22.4 Å². The Kier molecular flexibility index (Phi) is 5.18. The third kappa shape index (κ3) is 3.63. The summed E-state index contributed by atoms with van der Waals surface area (Å²) in [6.07, 6.45) is 1.99. The van der Waals surface area contributed by atoms with Gasteiger partial charge >= 0.3 is 0 Å². The SMILES string of the molecule is CN1C(=O)[C@H](Cc2c[nH]c3cccc([N+](=O)[O-])c23)N(C)C(=O)[C@@H]1Cc1cccc(F)c1. The minimum Gasteiger partial charge on any atom is -0.361 e. The second-order valence-corrected chi connectivity index (χ2v) is 7.74. The van der Waals surface area contributed by atoms with Crippen LogP contribution in [0.2, 0.25) is 0 Å². The Labute approximate surface area is 177 Å². The van der Waals surface area contributed by atoms with Crippen LogP contribution in [0.3, 0.4) is 0 Å². The number of carbonyl (C=O) groups is 2. The third-order valence-corrected chi connectivity index (χ3v) is 5.89. The summed E-state index contributed by atoms with van der Waals surface area (Å²) in [6.45, 7) is 0. The monoisotopic (exact) mass is 424 g/mol. The van der Waals surface area contributed by atoms with Crippen molar-refractivity contribution in [2.45, 2.75) is 24.9 Å². The molecule has 9 heteroatoms. The maximum atomic E-state index is 13.5. The van der Waals surface area contributed by atoms with Gasteiger partial charge in [0, 0.05) is 39.2 Å². The van der Waals surface area contributed by atoms with E-state index in [1.165, 1.54) is 28.0 Å². The molecule has 3 aromatic rings. The molecule has 0 unspecified atom stereocenters.